The van der Waals surface area contributed by atoms with Crippen LogP contribution in [0.4, 0.5) is 10.7 Å². The van der Waals surface area contributed by atoms with Crippen LogP contribution in [0.5, 0.6) is 5.75 Å². The Labute approximate surface area is 159 Å². The molecule has 0 radical (unpaired) electrons. The molecule has 0 fully saturated rings. The van der Waals surface area contributed by atoms with Gasteiger partial charge in [0.15, 0.2) is 0 Å². The molecule has 1 aromatic heterocycles. The number of benzene rings is 1. The van der Waals surface area contributed by atoms with Gasteiger partial charge in [-0.15, -0.1) is 0 Å². The van der Waals surface area contributed by atoms with E-state index in [9.17, 15) is 23.1 Å². The first-order valence-electron chi connectivity index (χ1n) is 8.09. The Bertz CT molecular complexity index is 1180. The first-order chi connectivity index (χ1) is 13.2. The number of nitrogens with zero attached hydrogens (tertiary/aromatic N) is 2. The van der Waals surface area contributed by atoms with Crippen molar-refractivity contribution >= 4 is 33.4 Å². The molecule has 2 bridgehead atoms. The van der Waals surface area contributed by atoms with Crippen LogP contribution in [-0.2, 0) is 14.8 Å². The summed E-state index contributed by atoms with van der Waals surface area (Å²) in [6.07, 6.45) is 1.37. The quantitative estimate of drug-likeness (QED) is 0.590. The number of aromatic nitrogens is 2. The Hall–Kier alpha value is -3.47. The number of phenolic OH excluding ortho intramolecular Hbond substituents is 1. The number of ketones is 1. The first-order valence-corrected chi connectivity index (χ1v) is 9.57. The molecule has 0 spiro atoms. The van der Waals surface area contributed by atoms with Crippen molar-refractivity contribution in [3.63, 3.8) is 0 Å². The van der Waals surface area contributed by atoms with E-state index >= 15 is 0 Å². The van der Waals surface area contributed by atoms with Gasteiger partial charge in [-0.2, -0.15) is 0 Å². The summed E-state index contributed by atoms with van der Waals surface area (Å²) in [6.45, 7) is 3.59. The molecule has 3 N–H and O–H groups in total. The summed E-state index contributed by atoms with van der Waals surface area (Å²) >= 11 is 0. The Morgan fingerprint density at radius 1 is 1.18 bits per heavy atom. The standard InChI is InChI=1S/C17H14N4O6S/c1-7-3-8(2)19-16(18-7)20-17(24)21-28(25,26)11-4-10(9-5-27-6-9)12-14(22)13(11)15(12)23/h3-5,22H,6H2,1-2H3,(H2,18,19,20,21,24). The third kappa shape index (κ3) is 2.76. The monoisotopic (exact) mass is 402 g/mol. The van der Waals surface area contributed by atoms with Gasteiger partial charge in [0.1, 0.15) is 17.3 Å². The minimum absolute atomic E-state index is 0.0524. The van der Waals surface area contributed by atoms with Crippen molar-refractivity contribution in [2.24, 2.45) is 0 Å². The number of fused-ring (bicyclic) bond motifs is 2. The number of phenols is 1. The van der Waals surface area contributed by atoms with Crippen molar-refractivity contribution in [3.8, 4) is 5.75 Å². The highest BCUT2D eigenvalue weighted by molar-refractivity contribution is 7.90. The summed E-state index contributed by atoms with van der Waals surface area (Å²) in [6, 6.07) is 1.83. The van der Waals surface area contributed by atoms with Gasteiger partial charge in [0.25, 0.3) is 10.0 Å². The van der Waals surface area contributed by atoms with E-state index in [2.05, 4.69) is 15.3 Å². The molecule has 144 valence electrons. The fourth-order valence-corrected chi connectivity index (χ4v) is 4.15. The number of anilines is 1. The second-order valence-electron chi connectivity index (χ2n) is 6.34. The molecule has 2 aliphatic carbocycles. The fraction of sp³-hybridized carbons (Fsp3) is 0.176. The number of amides is 2. The highest BCUT2D eigenvalue weighted by Gasteiger charge is 2.42. The third-order valence-electron chi connectivity index (χ3n) is 4.25. The molecular formula is C17H14N4O6S. The van der Waals surface area contributed by atoms with Gasteiger partial charge >= 0.3 is 6.03 Å². The smallest absolute Gasteiger partial charge is 0.335 e. The van der Waals surface area contributed by atoms with E-state index in [0.717, 1.165) is 0 Å². The number of hydrogen-bond acceptors (Lipinski definition) is 8. The predicted octanol–water partition coefficient (Wildman–Crippen LogP) is 1.22. The topological polar surface area (TPSA) is 148 Å². The van der Waals surface area contributed by atoms with Crippen LogP contribution in [-0.4, -0.2) is 41.9 Å². The number of carbonyl (C=O) groups is 2. The molecule has 0 unspecified atom stereocenters. The Balaban J connectivity index is 1.64. The van der Waals surface area contributed by atoms with Gasteiger partial charge in [-0.3, -0.25) is 10.1 Å². The molecule has 10 nitrogen and oxygen atoms in total. The normalized spacial score (nSPS) is 14.4. The summed E-state index contributed by atoms with van der Waals surface area (Å²) in [4.78, 5) is 31.9. The lowest BCUT2D eigenvalue weighted by atomic mass is 9.82. The number of nitrogens with one attached hydrogen (secondary N) is 2. The van der Waals surface area contributed by atoms with Gasteiger partial charge in [0.2, 0.25) is 11.7 Å². The van der Waals surface area contributed by atoms with Crippen molar-refractivity contribution < 1.29 is 27.9 Å². The first kappa shape index (κ1) is 17.9. The van der Waals surface area contributed by atoms with Crippen LogP contribution < -0.4 is 10.0 Å². The van der Waals surface area contributed by atoms with Crippen LogP contribution >= 0.6 is 0 Å². The zero-order valence-corrected chi connectivity index (χ0v) is 15.5. The average Bonchev–Trinajstić information content (AvgIpc) is 2.51. The van der Waals surface area contributed by atoms with Crippen LogP contribution in [0.3, 0.4) is 0 Å². The predicted molar refractivity (Wildman–Crippen MR) is 96.3 cm³/mol. The maximum Gasteiger partial charge on any atom is 0.335 e. The largest absolute Gasteiger partial charge is 0.506 e. The lowest BCUT2D eigenvalue weighted by Crippen LogP contribution is -2.37. The van der Waals surface area contributed by atoms with E-state index in [-0.39, 0.29) is 29.2 Å². The van der Waals surface area contributed by atoms with E-state index in [1.165, 1.54) is 12.3 Å². The Morgan fingerprint density at radius 2 is 1.82 bits per heavy atom. The second kappa shape index (κ2) is 6.02. The summed E-state index contributed by atoms with van der Waals surface area (Å²) in [5.74, 6) is -1.07. The van der Waals surface area contributed by atoms with Gasteiger partial charge < -0.3 is 9.84 Å². The van der Waals surface area contributed by atoms with Crippen molar-refractivity contribution in [2.75, 3.05) is 11.9 Å². The van der Waals surface area contributed by atoms with Crippen LogP contribution in [0.1, 0.15) is 32.9 Å². The number of hydrogen-bond donors (Lipinski definition) is 3. The van der Waals surface area contributed by atoms with Crippen molar-refractivity contribution in [1.82, 2.24) is 14.7 Å². The number of sulfonamides is 1. The van der Waals surface area contributed by atoms with Crippen LogP contribution in [0, 0.1) is 13.8 Å². The molecule has 0 atom stereocenters. The lowest BCUT2D eigenvalue weighted by molar-refractivity contribution is 0.100. The van der Waals surface area contributed by atoms with Gasteiger partial charge in [-0.05, 0) is 26.0 Å². The highest BCUT2D eigenvalue weighted by Crippen LogP contribution is 2.46. The minimum atomic E-state index is -4.45. The molecule has 0 saturated heterocycles. The van der Waals surface area contributed by atoms with Gasteiger partial charge in [-0.1, -0.05) is 0 Å². The molecule has 0 saturated carbocycles. The molecule has 5 rings (SSSR count). The lowest BCUT2D eigenvalue weighted by Gasteiger charge is -2.27. The molecule has 2 amide bonds. The van der Waals surface area contributed by atoms with Gasteiger partial charge in [0.05, 0.1) is 17.4 Å². The molecule has 2 aromatic rings. The number of aryl methyl sites for hydroxylation is 2. The SMILES string of the molecule is Cc1cc(C)nc(NC(=O)NS(=O)(=O)c2cc(C3=COC3)c3c(O)c2C3=O)n1. The maximum absolute atomic E-state index is 12.7. The van der Waals surface area contributed by atoms with Crippen LogP contribution in [0.25, 0.3) is 5.57 Å². The second-order valence-corrected chi connectivity index (χ2v) is 7.99. The molecular weight excluding hydrogens is 388 g/mol. The van der Waals surface area contributed by atoms with Crippen molar-refractivity contribution in [2.45, 2.75) is 18.7 Å². The minimum Gasteiger partial charge on any atom is -0.506 e. The third-order valence-corrected chi connectivity index (χ3v) is 5.61. The number of ether oxygens (including phenoxy) is 1. The van der Waals surface area contributed by atoms with Crippen molar-refractivity contribution in [1.29, 1.82) is 0 Å². The summed E-state index contributed by atoms with van der Waals surface area (Å²) in [7, 11) is -4.45. The number of carbonyl (C=O) groups excluding carboxylic acids is 2. The van der Waals surface area contributed by atoms with Crippen LogP contribution in [0.2, 0.25) is 0 Å². The molecule has 1 aromatic carbocycles. The average molecular weight is 402 g/mol. The highest BCUT2D eigenvalue weighted by atomic mass is 32.2. The summed E-state index contributed by atoms with van der Waals surface area (Å²) < 4.78 is 32.1. The van der Waals surface area contributed by atoms with E-state index in [0.29, 0.717) is 17.0 Å². The Morgan fingerprint density at radius 3 is 2.36 bits per heavy atom. The van der Waals surface area contributed by atoms with Crippen LogP contribution in [0.15, 0.2) is 23.3 Å². The Kier molecular flexibility index (Phi) is 3.85. The summed E-state index contributed by atoms with van der Waals surface area (Å²) in [5.41, 5.74) is 1.74. The van der Waals surface area contributed by atoms with E-state index in [1.807, 2.05) is 4.72 Å². The van der Waals surface area contributed by atoms with E-state index in [4.69, 9.17) is 4.74 Å². The van der Waals surface area contributed by atoms with Gasteiger partial charge in [-0.25, -0.2) is 27.9 Å². The zero-order chi connectivity index (χ0) is 20.2. The maximum atomic E-state index is 12.7. The molecule has 3 aliphatic rings. The molecule has 11 heteroatoms. The number of rotatable bonds is 4. The fourth-order valence-electron chi connectivity index (χ4n) is 3.02. The van der Waals surface area contributed by atoms with Gasteiger partial charge in [0, 0.05) is 22.5 Å². The zero-order valence-electron chi connectivity index (χ0n) is 14.7. The summed E-state index contributed by atoms with van der Waals surface area (Å²) in [5, 5.41) is 12.3. The van der Waals surface area contributed by atoms with Crippen molar-refractivity contribution in [3.05, 3.63) is 46.5 Å². The molecule has 2 heterocycles. The molecule has 1 aliphatic heterocycles. The van der Waals surface area contributed by atoms with E-state index < -0.39 is 32.5 Å². The molecule has 28 heavy (non-hydrogen) atoms. The number of aromatic hydroxyl groups is 1. The number of urea groups is 1. The van der Waals surface area contributed by atoms with E-state index in [1.54, 1.807) is 19.9 Å².